The zero-order chi connectivity index (χ0) is 21.8. The maximum absolute atomic E-state index is 13.6. The van der Waals surface area contributed by atoms with Crippen molar-refractivity contribution in [3.8, 4) is 0 Å². The summed E-state index contributed by atoms with van der Waals surface area (Å²) in [7, 11) is 0. The topological polar surface area (TPSA) is 54.0 Å². The molecule has 0 aliphatic heterocycles. The van der Waals surface area contributed by atoms with Gasteiger partial charge in [0, 0.05) is 22.2 Å². The third-order valence-corrected chi connectivity index (χ3v) is 5.85. The second-order valence-electron chi connectivity index (χ2n) is 7.31. The summed E-state index contributed by atoms with van der Waals surface area (Å²) in [4.78, 5) is 18.3. The molecule has 0 aliphatic rings. The number of carbonyl (C=O) groups is 1. The summed E-state index contributed by atoms with van der Waals surface area (Å²) >= 11 is 1.51. The van der Waals surface area contributed by atoms with Crippen molar-refractivity contribution in [1.82, 2.24) is 4.98 Å². The van der Waals surface area contributed by atoms with Crippen LogP contribution in [0.4, 0.5) is 15.2 Å². The number of benzene rings is 2. The number of aromatic nitrogens is 1. The molecule has 4 nitrogen and oxygen atoms in total. The third-order valence-electron chi connectivity index (χ3n) is 4.87. The van der Waals surface area contributed by atoms with Gasteiger partial charge >= 0.3 is 0 Å². The first-order valence-corrected chi connectivity index (χ1v) is 10.7. The zero-order valence-electron chi connectivity index (χ0n) is 17.2. The molecular weight excluding hydrogens is 409 g/mol. The summed E-state index contributed by atoms with van der Waals surface area (Å²) in [6.07, 6.45) is 1.75. The van der Waals surface area contributed by atoms with E-state index in [1.807, 2.05) is 50.2 Å². The Morgan fingerprint density at radius 3 is 2.45 bits per heavy atom. The Kier molecular flexibility index (Phi) is 6.09. The fourth-order valence-electron chi connectivity index (χ4n) is 3.37. The average Bonchev–Trinajstić information content (AvgIpc) is 3.13. The lowest BCUT2D eigenvalue weighted by Gasteiger charge is -2.21. The van der Waals surface area contributed by atoms with E-state index in [4.69, 9.17) is 0 Å². The van der Waals surface area contributed by atoms with Gasteiger partial charge in [0.25, 0.3) is 5.91 Å². The van der Waals surface area contributed by atoms with Gasteiger partial charge in [0.15, 0.2) is 0 Å². The molecule has 4 aromatic rings. The molecule has 1 unspecified atom stereocenters. The van der Waals surface area contributed by atoms with Gasteiger partial charge in [-0.1, -0.05) is 30.3 Å². The molecule has 0 radical (unpaired) electrons. The summed E-state index contributed by atoms with van der Waals surface area (Å²) in [5.41, 5.74) is 3.44. The van der Waals surface area contributed by atoms with Crippen LogP contribution in [0.5, 0.6) is 0 Å². The van der Waals surface area contributed by atoms with Crippen LogP contribution < -0.4 is 10.6 Å². The number of pyridine rings is 1. The highest BCUT2D eigenvalue weighted by molar-refractivity contribution is 7.16. The van der Waals surface area contributed by atoms with Crippen LogP contribution in [0.1, 0.15) is 38.0 Å². The molecule has 2 aromatic heterocycles. The number of anilines is 2. The Morgan fingerprint density at radius 2 is 1.74 bits per heavy atom. The van der Waals surface area contributed by atoms with Crippen molar-refractivity contribution in [2.24, 2.45) is 0 Å². The predicted molar refractivity (Wildman–Crippen MR) is 124 cm³/mol. The van der Waals surface area contributed by atoms with Crippen molar-refractivity contribution in [1.29, 1.82) is 0 Å². The summed E-state index contributed by atoms with van der Waals surface area (Å²) in [6, 6.07) is 21.1. The van der Waals surface area contributed by atoms with Gasteiger partial charge in [-0.05, 0) is 67.4 Å². The van der Waals surface area contributed by atoms with E-state index in [-0.39, 0.29) is 17.8 Å². The van der Waals surface area contributed by atoms with Gasteiger partial charge in [-0.3, -0.25) is 4.79 Å². The van der Waals surface area contributed by atoms with Crippen molar-refractivity contribution in [2.75, 3.05) is 10.6 Å². The number of rotatable bonds is 6. The SMILES string of the molecule is Cc1ccnc(NC(c2ccc(F)cc2)c2cc(C)sc2NC(=O)c2ccccc2)c1. The largest absolute Gasteiger partial charge is 0.359 e. The molecule has 31 heavy (non-hydrogen) atoms. The first kappa shape index (κ1) is 20.8. The summed E-state index contributed by atoms with van der Waals surface area (Å²) < 4.78 is 13.6. The van der Waals surface area contributed by atoms with E-state index in [9.17, 15) is 9.18 Å². The molecule has 0 spiro atoms. The van der Waals surface area contributed by atoms with Crippen LogP contribution >= 0.6 is 11.3 Å². The molecule has 6 heteroatoms. The van der Waals surface area contributed by atoms with E-state index >= 15 is 0 Å². The molecule has 0 aliphatic carbocycles. The molecule has 1 atom stereocenters. The number of carbonyl (C=O) groups excluding carboxylic acids is 1. The van der Waals surface area contributed by atoms with Gasteiger partial charge in [-0.25, -0.2) is 9.37 Å². The third kappa shape index (κ3) is 4.98. The number of aryl methyl sites for hydroxylation is 2. The van der Waals surface area contributed by atoms with Gasteiger partial charge < -0.3 is 10.6 Å². The number of hydrogen-bond donors (Lipinski definition) is 2. The highest BCUT2D eigenvalue weighted by Crippen LogP contribution is 2.37. The van der Waals surface area contributed by atoms with Crippen molar-refractivity contribution < 1.29 is 9.18 Å². The molecule has 2 N–H and O–H groups in total. The van der Waals surface area contributed by atoms with Crippen molar-refractivity contribution in [2.45, 2.75) is 19.9 Å². The minimum atomic E-state index is -0.314. The molecule has 2 heterocycles. The monoisotopic (exact) mass is 431 g/mol. The normalized spacial score (nSPS) is 11.7. The first-order valence-electron chi connectivity index (χ1n) is 9.91. The van der Waals surface area contributed by atoms with Crippen LogP contribution in [0.2, 0.25) is 0 Å². The van der Waals surface area contributed by atoms with Crippen LogP contribution in [0.15, 0.2) is 79.0 Å². The van der Waals surface area contributed by atoms with Gasteiger partial charge in [-0.15, -0.1) is 11.3 Å². The van der Waals surface area contributed by atoms with Crippen LogP contribution in [0.25, 0.3) is 0 Å². The lowest BCUT2D eigenvalue weighted by atomic mass is 9.99. The zero-order valence-corrected chi connectivity index (χ0v) is 18.0. The van der Waals surface area contributed by atoms with Crippen molar-refractivity contribution in [3.63, 3.8) is 0 Å². The fourth-order valence-corrected chi connectivity index (χ4v) is 4.32. The van der Waals surface area contributed by atoms with Crippen LogP contribution in [0, 0.1) is 19.7 Å². The van der Waals surface area contributed by atoms with Crippen LogP contribution in [-0.4, -0.2) is 10.9 Å². The van der Waals surface area contributed by atoms with Crippen molar-refractivity contribution >= 4 is 28.1 Å². The quantitative estimate of drug-likeness (QED) is 0.374. The van der Waals surface area contributed by atoms with E-state index < -0.39 is 0 Å². The summed E-state index contributed by atoms with van der Waals surface area (Å²) in [6.45, 7) is 4.00. The second-order valence-corrected chi connectivity index (χ2v) is 8.57. The van der Waals surface area contributed by atoms with Gasteiger partial charge in [0.05, 0.1) is 6.04 Å². The van der Waals surface area contributed by atoms with Crippen molar-refractivity contribution in [3.05, 3.63) is 112 Å². The number of amides is 1. The second kappa shape index (κ2) is 9.10. The summed E-state index contributed by atoms with van der Waals surface area (Å²) in [5, 5.41) is 7.26. The first-order chi connectivity index (χ1) is 15.0. The van der Waals surface area contributed by atoms with E-state index in [0.29, 0.717) is 11.4 Å². The van der Waals surface area contributed by atoms with E-state index in [2.05, 4.69) is 15.6 Å². The van der Waals surface area contributed by atoms with E-state index in [1.165, 1.54) is 23.5 Å². The molecule has 0 bridgehead atoms. The number of halogens is 1. The Hall–Kier alpha value is -3.51. The molecule has 1 amide bonds. The molecule has 156 valence electrons. The molecule has 4 rings (SSSR count). The number of thiophene rings is 1. The van der Waals surface area contributed by atoms with Gasteiger partial charge in [0.2, 0.25) is 0 Å². The minimum Gasteiger partial charge on any atom is -0.359 e. The predicted octanol–water partition coefficient (Wildman–Crippen LogP) is 6.35. The fraction of sp³-hybridized carbons (Fsp3) is 0.120. The number of hydrogen-bond acceptors (Lipinski definition) is 4. The lowest BCUT2D eigenvalue weighted by Crippen LogP contribution is -2.17. The van der Waals surface area contributed by atoms with Gasteiger partial charge in [0.1, 0.15) is 16.6 Å². The smallest absolute Gasteiger partial charge is 0.256 e. The standard InChI is InChI=1S/C25H22FN3OS/c1-16-12-13-27-22(14-16)28-23(18-8-10-20(26)11-9-18)21-15-17(2)31-25(21)29-24(30)19-6-4-3-5-7-19/h3-15,23H,1-2H3,(H,27,28)(H,29,30). The van der Waals surface area contributed by atoms with E-state index in [0.717, 1.165) is 26.6 Å². The molecule has 2 aromatic carbocycles. The minimum absolute atomic E-state index is 0.171. The Balaban J connectivity index is 1.72. The lowest BCUT2D eigenvalue weighted by molar-refractivity contribution is 0.102. The van der Waals surface area contributed by atoms with Crippen LogP contribution in [0.3, 0.4) is 0 Å². The highest BCUT2D eigenvalue weighted by atomic mass is 32.1. The molecular formula is C25H22FN3OS. The highest BCUT2D eigenvalue weighted by Gasteiger charge is 2.22. The number of nitrogens with zero attached hydrogens (tertiary/aromatic N) is 1. The Bertz CT molecular complexity index is 1190. The maximum Gasteiger partial charge on any atom is 0.256 e. The molecule has 0 fully saturated rings. The van der Waals surface area contributed by atoms with Gasteiger partial charge in [-0.2, -0.15) is 0 Å². The molecule has 0 saturated heterocycles. The average molecular weight is 432 g/mol. The number of nitrogens with one attached hydrogen (secondary N) is 2. The summed E-state index contributed by atoms with van der Waals surface area (Å²) in [5.74, 6) is 0.240. The van der Waals surface area contributed by atoms with E-state index in [1.54, 1.807) is 30.5 Å². The van der Waals surface area contributed by atoms with Crippen LogP contribution in [-0.2, 0) is 0 Å². The maximum atomic E-state index is 13.6. The molecule has 0 saturated carbocycles. The Labute approximate surface area is 184 Å². The Morgan fingerprint density at radius 1 is 1.00 bits per heavy atom.